The number of piperazine rings is 1. The molecule has 6 rings (SSSR count). The van der Waals surface area contributed by atoms with Crippen molar-refractivity contribution in [3.8, 4) is 26.9 Å². The standard InChI is InChI=1S/C28H28N6O3S2/c1-16-23-26(34(2)20-14-22(35)31-27(20)36)32-25(21-4-3-13-38-21)33-28(23)39-24(16)17-5-7-19(8-6-17)37-12-9-18-15-29-10-11-30-18/h3-8,13-14,18,29-30H,9-12,15H2,1-2H3,(H,31,35,36). The number of amides is 2. The number of benzene rings is 1. The number of nitrogens with one attached hydrogen (secondary N) is 3. The average Bonchev–Trinajstić information content (AvgIpc) is 3.68. The summed E-state index contributed by atoms with van der Waals surface area (Å²) in [5.41, 5.74) is 2.33. The third kappa shape index (κ3) is 5.18. The summed E-state index contributed by atoms with van der Waals surface area (Å²) in [6.07, 6.45) is 2.26. The Morgan fingerprint density at radius 1 is 1.13 bits per heavy atom. The van der Waals surface area contributed by atoms with Crippen molar-refractivity contribution < 1.29 is 14.3 Å². The van der Waals surface area contributed by atoms with Crippen molar-refractivity contribution in [1.29, 1.82) is 0 Å². The van der Waals surface area contributed by atoms with Gasteiger partial charge in [0.15, 0.2) is 5.82 Å². The number of fused-ring (bicyclic) bond motifs is 1. The van der Waals surface area contributed by atoms with Crippen molar-refractivity contribution in [3.63, 3.8) is 0 Å². The summed E-state index contributed by atoms with van der Waals surface area (Å²) in [7, 11) is 1.76. The molecule has 1 saturated heterocycles. The van der Waals surface area contributed by atoms with E-state index in [9.17, 15) is 9.59 Å². The predicted molar refractivity (Wildman–Crippen MR) is 155 cm³/mol. The lowest BCUT2D eigenvalue weighted by Gasteiger charge is -2.24. The monoisotopic (exact) mass is 560 g/mol. The zero-order valence-corrected chi connectivity index (χ0v) is 23.2. The molecule has 2 aliphatic heterocycles. The fourth-order valence-corrected chi connectivity index (χ4v) is 6.69. The van der Waals surface area contributed by atoms with Gasteiger partial charge in [0.2, 0.25) is 0 Å². The Morgan fingerprint density at radius 3 is 2.67 bits per heavy atom. The van der Waals surface area contributed by atoms with Gasteiger partial charge in [-0.2, -0.15) is 0 Å². The van der Waals surface area contributed by atoms with E-state index < -0.39 is 11.8 Å². The number of anilines is 1. The predicted octanol–water partition coefficient (Wildman–Crippen LogP) is 3.70. The molecule has 11 heteroatoms. The number of carbonyl (C=O) groups excluding carboxylic acids is 2. The summed E-state index contributed by atoms with van der Waals surface area (Å²) < 4.78 is 6.01. The van der Waals surface area contributed by atoms with Gasteiger partial charge in [0.05, 0.1) is 16.9 Å². The fraction of sp³-hybridized carbons (Fsp3) is 0.286. The van der Waals surface area contributed by atoms with E-state index in [1.165, 1.54) is 6.08 Å². The van der Waals surface area contributed by atoms with Gasteiger partial charge in [-0.1, -0.05) is 6.07 Å². The number of nitrogens with zero attached hydrogens (tertiary/aromatic N) is 3. The molecule has 1 atom stereocenters. The zero-order chi connectivity index (χ0) is 26.9. The second-order valence-electron chi connectivity index (χ2n) is 9.51. The normalized spacial score (nSPS) is 17.4. The summed E-state index contributed by atoms with van der Waals surface area (Å²) in [4.78, 5) is 38.6. The maximum Gasteiger partial charge on any atom is 0.274 e. The molecule has 2 amide bonds. The molecular weight excluding hydrogens is 532 g/mol. The van der Waals surface area contributed by atoms with Crippen LogP contribution in [0.15, 0.2) is 53.6 Å². The first-order chi connectivity index (χ1) is 19.0. The first-order valence-electron chi connectivity index (χ1n) is 12.8. The van der Waals surface area contributed by atoms with Crippen LogP contribution in [-0.2, 0) is 9.59 Å². The number of imide groups is 1. The highest BCUT2D eigenvalue weighted by molar-refractivity contribution is 7.22. The molecule has 0 saturated carbocycles. The molecule has 39 heavy (non-hydrogen) atoms. The third-order valence-corrected chi connectivity index (χ3v) is 9.01. The Morgan fingerprint density at radius 2 is 1.97 bits per heavy atom. The van der Waals surface area contributed by atoms with Gasteiger partial charge in [-0.15, -0.1) is 22.7 Å². The maximum atomic E-state index is 12.5. The maximum absolute atomic E-state index is 12.5. The van der Waals surface area contributed by atoms with Crippen molar-refractivity contribution in [2.24, 2.45) is 0 Å². The third-order valence-electron chi connectivity index (χ3n) is 6.91. The molecule has 0 aliphatic carbocycles. The van der Waals surface area contributed by atoms with Gasteiger partial charge in [-0.05, 0) is 60.2 Å². The fourth-order valence-electron chi connectivity index (χ4n) is 4.86. The lowest BCUT2D eigenvalue weighted by Crippen LogP contribution is -2.48. The average molecular weight is 561 g/mol. The molecule has 4 aromatic rings. The van der Waals surface area contributed by atoms with Crippen LogP contribution in [0.4, 0.5) is 5.82 Å². The quantitative estimate of drug-likeness (QED) is 0.280. The molecule has 0 radical (unpaired) electrons. The highest BCUT2D eigenvalue weighted by Gasteiger charge is 2.29. The van der Waals surface area contributed by atoms with E-state index in [1.807, 2.05) is 36.6 Å². The minimum absolute atomic E-state index is 0.255. The molecular formula is C28H28N6O3S2. The Kier molecular flexibility index (Phi) is 7.13. The van der Waals surface area contributed by atoms with Crippen LogP contribution in [0.2, 0.25) is 0 Å². The second kappa shape index (κ2) is 10.9. The molecule has 3 aromatic heterocycles. The van der Waals surface area contributed by atoms with Gasteiger partial charge >= 0.3 is 0 Å². The van der Waals surface area contributed by atoms with Crippen LogP contribution in [0.25, 0.3) is 31.4 Å². The molecule has 1 aromatic carbocycles. The molecule has 0 spiro atoms. The van der Waals surface area contributed by atoms with E-state index in [0.29, 0.717) is 24.3 Å². The topological polar surface area (TPSA) is 108 Å². The highest BCUT2D eigenvalue weighted by Crippen LogP contribution is 2.43. The van der Waals surface area contributed by atoms with E-state index in [2.05, 4.69) is 28.1 Å². The Labute approximate surface area is 233 Å². The number of thiophene rings is 2. The van der Waals surface area contributed by atoms with Crippen LogP contribution < -0.4 is 25.6 Å². The van der Waals surface area contributed by atoms with Crippen LogP contribution in [0.5, 0.6) is 5.75 Å². The lowest BCUT2D eigenvalue weighted by atomic mass is 10.1. The smallest absolute Gasteiger partial charge is 0.274 e. The number of rotatable bonds is 8. The molecule has 3 N–H and O–H groups in total. The first kappa shape index (κ1) is 25.6. The molecule has 200 valence electrons. The summed E-state index contributed by atoms with van der Waals surface area (Å²) >= 11 is 3.14. The van der Waals surface area contributed by atoms with Gasteiger partial charge in [-0.3, -0.25) is 14.9 Å². The van der Waals surface area contributed by atoms with Crippen LogP contribution >= 0.6 is 22.7 Å². The second-order valence-corrected chi connectivity index (χ2v) is 11.5. The largest absolute Gasteiger partial charge is 0.494 e. The van der Waals surface area contributed by atoms with Gasteiger partial charge in [0, 0.05) is 43.7 Å². The molecule has 5 heterocycles. The van der Waals surface area contributed by atoms with E-state index in [-0.39, 0.29) is 5.70 Å². The van der Waals surface area contributed by atoms with Gasteiger partial charge in [0.25, 0.3) is 11.8 Å². The Balaban J connectivity index is 1.32. The van der Waals surface area contributed by atoms with Gasteiger partial charge < -0.3 is 20.3 Å². The first-order valence-corrected chi connectivity index (χ1v) is 14.5. The van der Waals surface area contributed by atoms with Crippen molar-refractivity contribution in [1.82, 2.24) is 25.9 Å². The summed E-state index contributed by atoms with van der Waals surface area (Å²) in [5.74, 6) is 1.15. The minimum Gasteiger partial charge on any atom is -0.494 e. The highest BCUT2D eigenvalue weighted by atomic mass is 32.1. The van der Waals surface area contributed by atoms with Gasteiger partial charge in [-0.25, -0.2) is 9.97 Å². The number of hydrogen-bond donors (Lipinski definition) is 3. The van der Waals surface area contributed by atoms with E-state index >= 15 is 0 Å². The molecule has 9 nitrogen and oxygen atoms in total. The van der Waals surface area contributed by atoms with Crippen LogP contribution in [-0.4, -0.2) is 61.1 Å². The van der Waals surface area contributed by atoms with Crippen LogP contribution in [0, 0.1) is 6.92 Å². The Hall–Kier alpha value is -3.64. The van der Waals surface area contributed by atoms with Gasteiger partial charge in [0.1, 0.15) is 22.1 Å². The zero-order valence-electron chi connectivity index (χ0n) is 21.6. The van der Waals surface area contributed by atoms with Crippen molar-refractivity contribution in [2.45, 2.75) is 19.4 Å². The van der Waals surface area contributed by atoms with Crippen LogP contribution in [0.3, 0.4) is 0 Å². The number of aryl methyl sites for hydroxylation is 1. The summed E-state index contributed by atoms with van der Waals surface area (Å²) in [6.45, 7) is 5.68. The number of aromatic nitrogens is 2. The van der Waals surface area contributed by atoms with Crippen molar-refractivity contribution in [3.05, 3.63) is 59.1 Å². The Bertz CT molecular complexity index is 1560. The number of carbonyl (C=O) groups is 2. The van der Waals surface area contributed by atoms with Crippen molar-refractivity contribution in [2.75, 3.05) is 38.2 Å². The molecule has 0 bridgehead atoms. The molecule has 1 unspecified atom stereocenters. The molecule has 1 fully saturated rings. The lowest BCUT2D eigenvalue weighted by molar-refractivity contribution is -0.123. The van der Waals surface area contributed by atoms with Crippen molar-refractivity contribution >= 4 is 50.5 Å². The SMILES string of the molecule is Cc1c(-c2ccc(OCCC3CNCCN3)cc2)sc2nc(-c3cccs3)nc(N(C)C3=CC(=O)NC3=O)c12. The minimum atomic E-state index is -0.439. The number of ether oxygens (including phenoxy) is 1. The van der Waals surface area contributed by atoms with Crippen LogP contribution in [0.1, 0.15) is 12.0 Å². The molecule has 2 aliphatic rings. The van der Waals surface area contributed by atoms with E-state index in [1.54, 1.807) is 34.6 Å². The van der Waals surface area contributed by atoms with E-state index in [4.69, 9.17) is 14.7 Å². The summed E-state index contributed by atoms with van der Waals surface area (Å²) in [5, 5.41) is 12.1. The number of likely N-dealkylation sites (N-methyl/N-ethyl adjacent to an activating group) is 1. The summed E-state index contributed by atoms with van der Waals surface area (Å²) in [6, 6.07) is 12.5. The number of hydrogen-bond acceptors (Lipinski definition) is 10. The van der Waals surface area contributed by atoms with E-state index in [0.717, 1.165) is 62.9 Å².